The Morgan fingerprint density at radius 3 is 2.62 bits per heavy atom. The minimum absolute atomic E-state index is 0.137. The highest BCUT2D eigenvalue weighted by Gasteiger charge is 2.22. The summed E-state index contributed by atoms with van der Waals surface area (Å²) in [7, 11) is 2.08. The zero-order valence-electron chi connectivity index (χ0n) is 10.0. The summed E-state index contributed by atoms with van der Waals surface area (Å²) in [5, 5.41) is 0. The molecule has 2 saturated heterocycles. The van der Waals surface area contributed by atoms with E-state index < -0.39 is 0 Å². The lowest BCUT2D eigenvalue weighted by Gasteiger charge is -2.27. The number of hydrogen-bond acceptors (Lipinski definition) is 3. The average molecular weight is 220 g/mol. The highest BCUT2D eigenvalue weighted by molar-refractivity contribution is 5.97. The molecule has 0 N–H and O–H groups in total. The third-order valence-electron chi connectivity index (χ3n) is 3.44. The van der Waals surface area contributed by atoms with Crippen molar-refractivity contribution < 1.29 is 4.79 Å². The fourth-order valence-electron chi connectivity index (χ4n) is 2.45. The van der Waals surface area contributed by atoms with Crippen LogP contribution >= 0.6 is 0 Å². The number of piperidine rings is 1. The van der Waals surface area contributed by atoms with E-state index in [1.165, 1.54) is 12.8 Å². The first kappa shape index (κ1) is 11.5. The van der Waals surface area contributed by atoms with Gasteiger partial charge in [0.05, 0.1) is 0 Å². The van der Waals surface area contributed by atoms with Gasteiger partial charge in [-0.25, -0.2) is 0 Å². The van der Waals surface area contributed by atoms with Crippen LogP contribution in [-0.2, 0) is 4.79 Å². The molecule has 0 radical (unpaired) electrons. The third-order valence-corrected chi connectivity index (χ3v) is 3.44. The second-order valence-corrected chi connectivity index (χ2v) is 4.90. The smallest absolute Gasteiger partial charge is 0.211 e. The molecule has 2 heterocycles. The van der Waals surface area contributed by atoms with Crippen molar-refractivity contribution in [1.82, 2.24) is 9.80 Å². The molecule has 0 aromatic carbocycles. The minimum atomic E-state index is 0.137. The first-order valence-corrected chi connectivity index (χ1v) is 6.25. The molecule has 88 valence electrons. The molecule has 2 fully saturated rings. The maximum Gasteiger partial charge on any atom is 0.211 e. The largest absolute Gasteiger partial charge is 0.332 e. The molecule has 0 aromatic rings. The maximum absolute atomic E-state index is 11.9. The second kappa shape index (κ2) is 5.36. The van der Waals surface area contributed by atoms with Crippen LogP contribution in [0.1, 0.15) is 25.7 Å². The first-order chi connectivity index (χ1) is 7.75. The van der Waals surface area contributed by atoms with Crippen molar-refractivity contribution in [2.45, 2.75) is 25.7 Å². The van der Waals surface area contributed by atoms with E-state index >= 15 is 0 Å². The van der Waals surface area contributed by atoms with Gasteiger partial charge in [0.15, 0.2) is 0 Å². The Bertz CT molecular complexity index is 310. The molecule has 16 heavy (non-hydrogen) atoms. The van der Waals surface area contributed by atoms with E-state index in [2.05, 4.69) is 28.8 Å². The molecule has 1 atom stereocenters. The van der Waals surface area contributed by atoms with E-state index in [1.54, 1.807) is 0 Å². The predicted octanol–water partition coefficient (Wildman–Crippen LogP) is 0.954. The SMILES string of the molecule is CN1CCCC(C(=O)C#CN2CCCC2)C1. The number of hydrogen-bond donors (Lipinski definition) is 0. The van der Waals surface area contributed by atoms with Gasteiger partial charge in [0, 0.05) is 31.6 Å². The fraction of sp³-hybridized carbons (Fsp3) is 0.769. The lowest BCUT2D eigenvalue weighted by atomic mass is 9.94. The molecule has 2 rings (SSSR count). The fourth-order valence-corrected chi connectivity index (χ4v) is 2.45. The summed E-state index contributed by atoms with van der Waals surface area (Å²) < 4.78 is 0. The lowest BCUT2D eigenvalue weighted by molar-refractivity contribution is -0.118. The van der Waals surface area contributed by atoms with Gasteiger partial charge in [0.25, 0.3) is 0 Å². The number of likely N-dealkylation sites (tertiary alicyclic amines) is 2. The molecular formula is C13H20N2O. The standard InChI is InChI=1S/C13H20N2O/c1-14-7-4-5-12(11-14)13(16)6-10-15-8-2-3-9-15/h12H,2-5,7-9,11H2,1H3. The van der Waals surface area contributed by atoms with Gasteiger partial charge < -0.3 is 9.80 Å². The molecule has 3 nitrogen and oxygen atoms in total. The number of carbonyl (C=O) groups excluding carboxylic acids is 1. The van der Waals surface area contributed by atoms with Crippen LogP contribution in [0.25, 0.3) is 0 Å². The molecule has 1 unspecified atom stereocenters. The molecule has 0 aromatic heterocycles. The molecular weight excluding hydrogens is 200 g/mol. The van der Waals surface area contributed by atoms with Crippen LogP contribution in [0.4, 0.5) is 0 Å². The average Bonchev–Trinajstić information content (AvgIpc) is 2.78. The number of nitrogens with zero attached hydrogens (tertiary/aromatic N) is 2. The zero-order chi connectivity index (χ0) is 11.4. The third kappa shape index (κ3) is 2.99. The van der Waals surface area contributed by atoms with Crippen LogP contribution in [0.3, 0.4) is 0 Å². The van der Waals surface area contributed by atoms with E-state index in [4.69, 9.17) is 0 Å². The predicted molar refractivity (Wildman–Crippen MR) is 63.8 cm³/mol. The Morgan fingerprint density at radius 2 is 1.94 bits per heavy atom. The van der Waals surface area contributed by atoms with Gasteiger partial charge in [-0.2, -0.15) is 0 Å². The van der Waals surface area contributed by atoms with Crippen molar-refractivity contribution in [3.8, 4) is 12.0 Å². The molecule has 2 aliphatic heterocycles. The minimum Gasteiger partial charge on any atom is -0.332 e. The monoisotopic (exact) mass is 220 g/mol. The van der Waals surface area contributed by atoms with Crippen LogP contribution < -0.4 is 0 Å². The summed E-state index contributed by atoms with van der Waals surface area (Å²) >= 11 is 0. The van der Waals surface area contributed by atoms with Gasteiger partial charge in [-0.15, -0.1) is 0 Å². The Hall–Kier alpha value is -1.01. The van der Waals surface area contributed by atoms with Crippen LogP contribution in [0.2, 0.25) is 0 Å². The highest BCUT2D eigenvalue weighted by atomic mass is 16.1. The van der Waals surface area contributed by atoms with E-state index in [9.17, 15) is 4.79 Å². The highest BCUT2D eigenvalue weighted by Crippen LogP contribution is 2.15. The summed E-state index contributed by atoms with van der Waals surface area (Å²) in [6.07, 6.45) is 4.57. The zero-order valence-corrected chi connectivity index (χ0v) is 10.0. The van der Waals surface area contributed by atoms with E-state index in [0.29, 0.717) is 0 Å². The van der Waals surface area contributed by atoms with Gasteiger partial charge in [-0.05, 0) is 45.2 Å². The van der Waals surface area contributed by atoms with Crippen molar-refractivity contribution >= 4 is 5.78 Å². The van der Waals surface area contributed by atoms with Crippen molar-refractivity contribution in [3.63, 3.8) is 0 Å². The molecule has 0 spiro atoms. The molecule has 0 amide bonds. The van der Waals surface area contributed by atoms with E-state index in [1.807, 2.05) is 0 Å². The molecule has 0 aliphatic carbocycles. The van der Waals surface area contributed by atoms with Crippen LogP contribution in [-0.4, -0.2) is 48.8 Å². The molecule has 0 bridgehead atoms. The van der Waals surface area contributed by atoms with Crippen LogP contribution in [0.15, 0.2) is 0 Å². The Labute approximate surface area is 97.8 Å². The quantitative estimate of drug-likeness (QED) is 0.615. The van der Waals surface area contributed by atoms with E-state index in [0.717, 1.165) is 39.0 Å². The van der Waals surface area contributed by atoms with Crippen molar-refractivity contribution in [1.29, 1.82) is 0 Å². The second-order valence-electron chi connectivity index (χ2n) is 4.90. The summed E-state index contributed by atoms with van der Waals surface area (Å²) in [4.78, 5) is 16.2. The summed E-state index contributed by atoms with van der Waals surface area (Å²) in [5.41, 5.74) is 0. The number of ketones is 1. The number of carbonyl (C=O) groups is 1. The summed E-state index contributed by atoms with van der Waals surface area (Å²) in [6, 6.07) is 3.01. The van der Waals surface area contributed by atoms with Gasteiger partial charge in [-0.1, -0.05) is 0 Å². The Morgan fingerprint density at radius 1 is 1.19 bits per heavy atom. The summed E-state index contributed by atoms with van der Waals surface area (Å²) in [6.45, 7) is 4.06. The Balaban J connectivity index is 1.86. The first-order valence-electron chi connectivity index (χ1n) is 6.25. The van der Waals surface area contributed by atoms with Crippen molar-refractivity contribution in [3.05, 3.63) is 0 Å². The van der Waals surface area contributed by atoms with Crippen LogP contribution in [0.5, 0.6) is 0 Å². The number of rotatable bonds is 1. The van der Waals surface area contributed by atoms with Crippen molar-refractivity contribution in [2.24, 2.45) is 5.92 Å². The molecule has 3 heteroatoms. The van der Waals surface area contributed by atoms with Gasteiger partial charge >= 0.3 is 0 Å². The maximum atomic E-state index is 11.9. The summed E-state index contributed by atoms with van der Waals surface area (Å²) in [5.74, 6) is 3.11. The van der Waals surface area contributed by atoms with Gasteiger partial charge in [0.1, 0.15) is 0 Å². The van der Waals surface area contributed by atoms with Crippen LogP contribution in [0, 0.1) is 17.9 Å². The van der Waals surface area contributed by atoms with Gasteiger partial charge in [0.2, 0.25) is 5.78 Å². The molecule has 0 saturated carbocycles. The van der Waals surface area contributed by atoms with Crippen molar-refractivity contribution in [2.75, 3.05) is 33.2 Å². The number of Topliss-reactive ketones (excluding diaryl/α,β-unsaturated/α-hetero) is 1. The normalized spacial score (nSPS) is 26.3. The van der Waals surface area contributed by atoms with Gasteiger partial charge in [-0.3, -0.25) is 4.79 Å². The van der Waals surface area contributed by atoms with E-state index in [-0.39, 0.29) is 11.7 Å². The molecule has 2 aliphatic rings. The topological polar surface area (TPSA) is 23.6 Å². The Kier molecular flexibility index (Phi) is 3.84. The lowest BCUT2D eigenvalue weighted by Crippen LogP contribution is -2.35.